The second-order valence-electron chi connectivity index (χ2n) is 7.08. The van der Waals surface area contributed by atoms with Crippen molar-refractivity contribution in [2.45, 2.75) is 12.1 Å². The Bertz CT molecular complexity index is 795. The molecule has 0 saturated carbocycles. The van der Waals surface area contributed by atoms with Crippen molar-refractivity contribution in [1.29, 1.82) is 0 Å². The Morgan fingerprint density at radius 2 is 0.938 bits per heavy atom. The first-order chi connectivity index (χ1) is 15.4. The average Bonchev–Trinajstić information content (AvgIpc) is 2.85. The van der Waals surface area contributed by atoms with Gasteiger partial charge in [-0.1, -0.05) is 60.7 Å². The van der Waals surface area contributed by atoms with E-state index in [-0.39, 0.29) is 24.4 Å². The second kappa shape index (κ2) is 13.4. The van der Waals surface area contributed by atoms with Crippen LogP contribution in [0.3, 0.4) is 0 Å². The van der Waals surface area contributed by atoms with E-state index in [1.807, 2.05) is 60.7 Å². The zero-order valence-electron chi connectivity index (χ0n) is 19.1. The van der Waals surface area contributed by atoms with Gasteiger partial charge in [0.15, 0.2) is 0 Å². The Balaban J connectivity index is 2.28. The van der Waals surface area contributed by atoms with E-state index in [0.29, 0.717) is 13.1 Å². The van der Waals surface area contributed by atoms with Crippen molar-refractivity contribution in [3.8, 4) is 0 Å². The predicted molar refractivity (Wildman–Crippen MR) is 127 cm³/mol. The Hall–Kier alpha value is -1.34. The summed E-state index contributed by atoms with van der Waals surface area (Å²) in [7, 11) is -0.727. The first-order valence-electron chi connectivity index (χ1n) is 10.4. The Morgan fingerprint density at radius 1 is 0.625 bits per heavy atom. The van der Waals surface area contributed by atoms with Gasteiger partial charge in [-0.2, -0.15) is 0 Å². The van der Waals surface area contributed by atoms with E-state index < -0.39 is 15.2 Å². The molecule has 0 aliphatic rings. The molecule has 0 aromatic heterocycles. The van der Waals surface area contributed by atoms with E-state index in [1.54, 1.807) is 0 Å². The third-order valence-corrected chi connectivity index (χ3v) is 9.03. The van der Waals surface area contributed by atoms with Gasteiger partial charge in [0.1, 0.15) is 0 Å². The summed E-state index contributed by atoms with van der Waals surface area (Å²) < 4.78 is 45.3. The molecule has 2 rings (SSSR count). The summed E-state index contributed by atoms with van der Waals surface area (Å²) >= 11 is 0. The van der Waals surface area contributed by atoms with Gasteiger partial charge in [0.2, 0.25) is 0 Å². The van der Waals surface area contributed by atoms with Crippen LogP contribution in [0, 0.1) is 0 Å². The standard InChI is InChI=1S/C22H34N2O6P2/c1-27-31(25,28-2)17-15-23-21(19-11-7-5-8-12-19)22(20-13-9-6-10-14-20)24-16-18-32(26,29-3)30-4/h5-14,21-24H,15-18H2,1-4H3/t21-,22-/m1/s1. The molecule has 32 heavy (non-hydrogen) atoms. The smallest absolute Gasteiger partial charge is 0.312 e. The zero-order valence-corrected chi connectivity index (χ0v) is 20.9. The van der Waals surface area contributed by atoms with Gasteiger partial charge in [0, 0.05) is 41.5 Å². The third kappa shape index (κ3) is 7.91. The summed E-state index contributed by atoms with van der Waals surface area (Å²) in [6.45, 7) is 0.830. The average molecular weight is 484 g/mol. The van der Waals surface area contributed by atoms with Crippen LogP contribution < -0.4 is 10.6 Å². The van der Waals surface area contributed by atoms with E-state index in [2.05, 4.69) is 10.6 Å². The third-order valence-electron chi connectivity index (χ3n) is 5.26. The molecule has 8 nitrogen and oxygen atoms in total. The fraction of sp³-hybridized carbons (Fsp3) is 0.455. The van der Waals surface area contributed by atoms with Gasteiger partial charge >= 0.3 is 15.2 Å². The largest absolute Gasteiger partial charge is 0.331 e. The maximum atomic E-state index is 12.5. The molecule has 0 amide bonds. The van der Waals surface area contributed by atoms with Crippen LogP contribution in [-0.2, 0) is 27.2 Å². The van der Waals surface area contributed by atoms with Gasteiger partial charge < -0.3 is 28.7 Å². The molecular formula is C22H34N2O6P2. The Morgan fingerprint density at radius 3 is 1.22 bits per heavy atom. The predicted octanol–water partition coefficient (Wildman–Crippen LogP) is 4.62. The monoisotopic (exact) mass is 484 g/mol. The minimum absolute atomic E-state index is 0.162. The lowest BCUT2D eigenvalue weighted by molar-refractivity contribution is 0.271. The summed E-state index contributed by atoms with van der Waals surface area (Å²) in [6.07, 6.45) is 0.459. The van der Waals surface area contributed by atoms with E-state index in [0.717, 1.165) is 11.1 Å². The number of rotatable bonds is 15. The van der Waals surface area contributed by atoms with Crippen LogP contribution in [0.4, 0.5) is 0 Å². The highest BCUT2D eigenvalue weighted by atomic mass is 31.2. The highest BCUT2D eigenvalue weighted by Crippen LogP contribution is 2.46. The fourth-order valence-electron chi connectivity index (χ4n) is 3.41. The highest BCUT2D eigenvalue weighted by molar-refractivity contribution is 7.54. The Kier molecular flexibility index (Phi) is 11.3. The molecule has 10 heteroatoms. The van der Waals surface area contributed by atoms with Crippen molar-refractivity contribution >= 4 is 15.2 Å². The lowest BCUT2D eigenvalue weighted by Crippen LogP contribution is -2.38. The molecular weight excluding hydrogens is 450 g/mol. The summed E-state index contributed by atoms with van der Waals surface area (Å²) in [6, 6.07) is 19.7. The molecule has 2 N–H and O–H groups in total. The molecule has 0 heterocycles. The zero-order chi connectivity index (χ0) is 23.5. The van der Waals surface area contributed by atoms with Crippen molar-refractivity contribution in [3.05, 3.63) is 71.8 Å². The van der Waals surface area contributed by atoms with Crippen LogP contribution in [-0.4, -0.2) is 53.9 Å². The molecule has 0 aliphatic carbocycles. The molecule has 0 unspecified atom stereocenters. The van der Waals surface area contributed by atoms with Crippen molar-refractivity contribution in [2.75, 3.05) is 53.9 Å². The van der Waals surface area contributed by atoms with Crippen LogP contribution in [0.2, 0.25) is 0 Å². The first kappa shape index (κ1) is 26.9. The van der Waals surface area contributed by atoms with Gasteiger partial charge in [-0.05, 0) is 11.1 Å². The van der Waals surface area contributed by atoms with Crippen LogP contribution >= 0.6 is 15.2 Å². The molecule has 178 valence electrons. The van der Waals surface area contributed by atoms with Gasteiger partial charge in [-0.25, -0.2) is 0 Å². The first-order valence-corrected chi connectivity index (χ1v) is 13.8. The van der Waals surface area contributed by atoms with Gasteiger partial charge in [0.05, 0.1) is 24.4 Å². The van der Waals surface area contributed by atoms with Gasteiger partial charge in [-0.3, -0.25) is 9.13 Å². The van der Waals surface area contributed by atoms with Gasteiger partial charge in [-0.15, -0.1) is 0 Å². The number of hydrogen-bond donors (Lipinski definition) is 2. The highest BCUT2D eigenvalue weighted by Gasteiger charge is 2.28. The molecule has 0 aliphatic heterocycles. The van der Waals surface area contributed by atoms with E-state index >= 15 is 0 Å². The summed E-state index contributed by atoms with van der Waals surface area (Å²) in [5, 5.41) is 7.02. The SMILES string of the molecule is COP(=O)(CCN[C@H](c1ccccc1)[C@H](NCCP(=O)(OC)OC)c1ccccc1)OC. The molecule has 2 aromatic rings. The number of benzene rings is 2. The molecule has 0 radical (unpaired) electrons. The molecule has 2 atom stereocenters. The molecule has 2 aromatic carbocycles. The van der Waals surface area contributed by atoms with Crippen LogP contribution in [0.15, 0.2) is 60.7 Å². The van der Waals surface area contributed by atoms with Crippen molar-refractivity contribution in [1.82, 2.24) is 10.6 Å². The van der Waals surface area contributed by atoms with Crippen LogP contribution in [0.1, 0.15) is 23.2 Å². The van der Waals surface area contributed by atoms with Crippen LogP contribution in [0.25, 0.3) is 0 Å². The van der Waals surface area contributed by atoms with Crippen molar-refractivity contribution in [2.24, 2.45) is 0 Å². The number of hydrogen-bond acceptors (Lipinski definition) is 8. The molecule has 0 spiro atoms. The lowest BCUT2D eigenvalue weighted by atomic mass is 9.93. The lowest BCUT2D eigenvalue weighted by Gasteiger charge is -2.31. The van der Waals surface area contributed by atoms with Crippen molar-refractivity contribution in [3.63, 3.8) is 0 Å². The van der Waals surface area contributed by atoms with E-state index in [4.69, 9.17) is 18.1 Å². The summed E-state index contributed by atoms with van der Waals surface area (Å²) in [4.78, 5) is 0. The summed E-state index contributed by atoms with van der Waals surface area (Å²) in [5.41, 5.74) is 2.11. The van der Waals surface area contributed by atoms with Gasteiger partial charge in [0.25, 0.3) is 0 Å². The van der Waals surface area contributed by atoms with E-state index in [9.17, 15) is 9.13 Å². The minimum Gasteiger partial charge on any atom is -0.312 e. The summed E-state index contributed by atoms with van der Waals surface area (Å²) in [5.74, 6) is 0. The maximum absolute atomic E-state index is 12.5. The normalized spacial score (nSPS) is 14.2. The van der Waals surface area contributed by atoms with E-state index in [1.165, 1.54) is 28.4 Å². The molecule has 0 bridgehead atoms. The topological polar surface area (TPSA) is 95.1 Å². The fourth-order valence-corrected chi connectivity index (χ4v) is 5.24. The van der Waals surface area contributed by atoms with Crippen LogP contribution in [0.5, 0.6) is 0 Å². The quantitative estimate of drug-likeness (QED) is 0.354. The number of nitrogens with one attached hydrogen (secondary N) is 2. The maximum Gasteiger partial charge on any atom is 0.331 e. The minimum atomic E-state index is -3.14. The van der Waals surface area contributed by atoms with Crippen molar-refractivity contribution < 1.29 is 27.2 Å². The second-order valence-corrected chi connectivity index (χ2v) is 11.9. The molecule has 0 fully saturated rings. The molecule has 0 saturated heterocycles. The Labute approximate surface area is 191 Å².